The van der Waals surface area contributed by atoms with Gasteiger partial charge >= 0.3 is 0 Å². The molecule has 0 bridgehead atoms. The van der Waals surface area contributed by atoms with Crippen LogP contribution < -0.4 is 14.2 Å². The quantitative estimate of drug-likeness (QED) is 0.720. The topological polar surface area (TPSA) is 34.2 Å². The lowest BCUT2D eigenvalue weighted by Crippen LogP contribution is -2.45. The first kappa shape index (κ1) is 19.8. The van der Waals surface area contributed by atoms with E-state index in [0.717, 1.165) is 49.9 Å². The highest BCUT2D eigenvalue weighted by Crippen LogP contribution is 2.38. The maximum Gasteiger partial charge on any atom is 0.203 e. The van der Waals surface area contributed by atoms with E-state index in [-0.39, 0.29) is 0 Å². The van der Waals surface area contributed by atoms with Crippen LogP contribution in [-0.2, 0) is 13.1 Å². The van der Waals surface area contributed by atoms with Crippen LogP contribution in [-0.4, -0.2) is 57.3 Å². The molecule has 0 unspecified atom stereocenters. The van der Waals surface area contributed by atoms with E-state index in [4.69, 9.17) is 25.8 Å². The fourth-order valence-corrected chi connectivity index (χ4v) is 3.70. The van der Waals surface area contributed by atoms with E-state index >= 15 is 0 Å². The number of nitrogens with zero attached hydrogens (tertiary/aromatic N) is 2. The second kappa shape index (κ2) is 9.31. The zero-order chi connectivity index (χ0) is 19.2. The summed E-state index contributed by atoms with van der Waals surface area (Å²) < 4.78 is 16.3. The molecular weight excluding hydrogens is 364 g/mol. The van der Waals surface area contributed by atoms with Gasteiger partial charge in [0.2, 0.25) is 5.75 Å². The summed E-state index contributed by atoms with van der Waals surface area (Å²) >= 11 is 6.09. The van der Waals surface area contributed by atoms with Gasteiger partial charge in [0.1, 0.15) is 0 Å². The third-order valence-electron chi connectivity index (χ3n) is 4.89. The average Bonchev–Trinajstić information content (AvgIpc) is 2.68. The highest BCUT2D eigenvalue weighted by molar-refractivity contribution is 6.30. The SMILES string of the molecule is COc1cc(CN2CCN(Cc3cccc(Cl)c3)CC2)cc(OC)c1OC. The number of halogens is 1. The minimum Gasteiger partial charge on any atom is -0.493 e. The van der Waals surface area contributed by atoms with Gasteiger partial charge in [-0.15, -0.1) is 0 Å². The first-order valence-corrected chi connectivity index (χ1v) is 9.48. The largest absolute Gasteiger partial charge is 0.493 e. The van der Waals surface area contributed by atoms with Gasteiger partial charge < -0.3 is 14.2 Å². The van der Waals surface area contributed by atoms with Crippen molar-refractivity contribution in [3.63, 3.8) is 0 Å². The van der Waals surface area contributed by atoms with Crippen molar-refractivity contribution in [1.82, 2.24) is 9.80 Å². The van der Waals surface area contributed by atoms with Crippen LogP contribution in [0.4, 0.5) is 0 Å². The summed E-state index contributed by atoms with van der Waals surface area (Å²) in [5.74, 6) is 2.04. The molecule has 0 aliphatic carbocycles. The first-order chi connectivity index (χ1) is 13.1. The van der Waals surface area contributed by atoms with Gasteiger partial charge in [-0.25, -0.2) is 0 Å². The van der Waals surface area contributed by atoms with Crippen molar-refractivity contribution in [2.45, 2.75) is 13.1 Å². The Kier molecular flexibility index (Phi) is 6.83. The van der Waals surface area contributed by atoms with Crippen molar-refractivity contribution in [1.29, 1.82) is 0 Å². The number of rotatable bonds is 7. The summed E-state index contributed by atoms with van der Waals surface area (Å²) in [6.07, 6.45) is 0. The molecule has 0 radical (unpaired) electrons. The molecule has 0 aromatic heterocycles. The molecule has 0 atom stereocenters. The van der Waals surface area contributed by atoms with E-state index in [1.54, 1.807) is 21.3 Å². The molecule has 1 saturated heterocycles. The van der Waals surface area contributed by atoms with Gasteiger partial charge in [-0.3, -0.25) is 9.80 Å². The highest BCUT2D eigenvalue weighted by Gasteiger charge is 2.19. The molecule has 0 N–H and O–H groups in total. The lowest BCUT2D eigenvalue weighted by Gasteiger charge is -2.35. The third kappa shape index (κ3) is 5.06. The number of hydrogen-bond acceptors (Lipinski definition) is 5. The summed E-state index contributed by atoms with van der Waals surface area (Å²) in [5.41, 5.74) is 2.42. The lowest BCUT2D eigenvalue weighted by molar-refractivity contribution is 0.122. The highest BCUT2D eigenvalue weighted by atomic mass is 35.5. The zero-order valence-electron chi connectivity index (χ0n) is 16.2. The Labute approximate surface area is 166 Å². The van der Waals surface area contributed by atoms with Crippen LogP contribution in [0.1, 0.15) is 11.1 Å². The van der Waals surface area contributed by atoms with Crippen LogP contribution in [0, 0.1) is 0 Å². The molecule has 0 amide bonds. The van der Waals surface area contributed by atoms with Crippen LogP contribution in [0.2, 0.25) is 5.02 Å². The first-order valence-electron chi connectivity index (χ1n) is 9.11. The maximum absolute atomic E-state index is 6.09. The van der Waals surface area contributed by atoms with Crippen LogP contribution in [0.3, 0.4) is 0 Å². The molecule has 2 aromatic carbocycles. The number of ether oxygens (including phenoxy) is 3. The van der Waals surface area contributed by atoms with Crippen molar-refractivity contribution >= 4 is 11.6 Å². The molecule has 1 aliphatic heterocycles. The smallest absolute Gasteiger partial charge is 0.203 e. The molecule has 2 aromatic rings. The van der Waals surface area contributed by atoms with Crippen molar-refractivity contribution in [3.05, 3.63) is 52.5 Å². The number of benzene rings is 2. The van der Waals surface area contributed by atoms with E-state index in [2.05, 4.69) is 15.9 Å². The van der Waals surface area contributed by atoms with Gasteiger partial charge in [0, 0.05) is 44.3 Å². The van der Waals surface area contributed by atoms with Crippen LogP contribution in [0.15, 0.2) is 36.4 Å². The Hall–Kier alpha value is -1.95. The van der Waals surface area contributed by atoms with Gasteiger partial charge in [0.15, 0.2) is 11.5 Å². The molecular formula is C21H27ClN2O3. The predicted molar refractivity (Wildman–Crippen MR) is 108 cm³/mol. The third-order valence-corrected chi connectivity index (χ3v) is 5.13. The van der Waals surface area contributed by atoms with Crippen molar-refractivity contribution in [2.75, 3.05) is 47.5 Å². The average molecular weight is 391 g/mol. The Morgan fingerprint density at radius 3 is 1.81 bits per heavy atom. The van der Waals surface area contributed by atoms with Crippen LogP contribution >= 0.6 is 11.6 Å². The molecule has 0 spiro atoms. The molecule has 146 valence electrons. The lowest BCUT2D eigenvalue weighted by atomic mass is 10.1. The van der Waals surface area contributed by atoms with Gasteiger partial charge in [-0.2, -0.15) is 0 Å². The van der Waals surface area contributed by atoms with Gasteiger partial charge in [-0.1, -0.05) is 23.7 Å². The number of hydrogen-bond donors (Lipinski definition) is 0. The molecule has 27 heavy (non-hydrogen) atoms. The Bertz CT molecular complexity index is 736. The molecule has 1 aliphatic rings. The van der Waals surface area contributed by atoms with Crippen LogP contribution in [0.25, 0.3) is 0 Å². The van der Waals surface area contributed by atoms with E-state index in [9.17, 15) is 0 Å². The Balaban J connectivity index is 1.59. The number of piperazine rings is 1. The summed E-state index contributed by atoms with van der Waals surface area (Å²) in [7, 11) is 4.92. The summed E-state index contributed by atoms with van der Waals surface area (Å²) in [6, 6.07) is 12.2. The maximum atomic E-state index is 6.09. The molecule has 1 heterocycles. The molecule has 1 fully saturated rings. The normalized spacial score (nSPS) is 15.6. The minimum atomic E-state index is 0.634. The monoisotopic (exact) mass is 390 g/mol. The van der Waals surface area contributed by atoms with E-state index in [1.807, 2.05) is 30.3 Å². The van der Waals surface area contributed by atoms with Crippen molar-refractivity contribution in [3.8, 4) is 17.2 Å². The van der Waals surface area contributed by atoms with E-state index < -0.39 is 0 Å². The molecule has 6 heteroatoms. The Morgan fingerprint density at radius 2 is 1.33 bits per heavy atom. The zero-order valence-corrected chi connectivity index (χ0v) is 17.0. The van der Waals surface area contributed by atoms with Gasteiger partial charge in [-0.05, 0) is 35.4 Å². The predicted octanol–water partition coefficient (Wildman–Crippen LogP) is 3.68. The second-order valence-electron chi connectivity index (χ2n) is 6.72. The molecule has 0 saturated carbocycles. The minimum absolute atomic E-state index is 0.634. The fourth-order valence-electron chi connectivity index (χ4n) is 3.48. The number of methoxy groups -OCH3 is 3. The summed E-state index contributed by atoms with van der Waals surface area (Å²) in [4.78, 5) is 4.92. The molecule has 3 rings (SSSR count). The Morgan fingerprint density at radius 1 is 0.778 bits per heavy atom. The van der Waals surface area contributed by atoms with Gasteiger partial charge in [0.05, 0.1) is 21.3 Å². The summed E-state index contributed by atoms with van der Waals surface area (Å²) in [5, 5.41) is 0.800. The fraction of sp³-hybridized carbons (Fsp3) is 0.429. The second-order valence-corrected chi connectivity index (χ2v) is 7.15. The van der Waals surface area contributed by atoms with Gasteiger partial charge in [0.25, 0.3) is 0 Å². The van der Waals surface area contributed by atoms with E-state index in [1.165, 1.54) is 5.56 Å². The van der Waals surface area contributed by atoms with Crippen LogP contribution in [0.5, 0.6) is 17.2 Å². The van der Waals surface area contributed by atoms with E-state index in [0.29, 0.717) is 17.2 Å². The standard InChI is InChI=1S/C21H27ClN2O3/c1-25-19-12-17(13-20(26-2)21(19)27-3)15-24-9-7-23(8-10-24)14-16-5-4-6-18(22)11-16/h4-6,11-13H,7-10,14-15H2,1-3H3. The van der Waals surface area contributed by atoms with Crippen molar-refractivity contribution in [2.24, 2.45) is 0 Å². The summed E-state index contributed by atoms with van der Waals surface area (Å²) in [6.45, 7) is 5.93. The molecule has 5 nitrogen and oxygen atoms in total. The van der Waals surface area contributed by atoms with Crippen molar-refractivity contribution < 1.29 is 14.2 Å².